The highest BCUT2D eigenvalue weighted by Gasteiger charge is 2.21. The number of rotatable bonds is 4. The molecule has 2 aromatic heterocycles. The number of alkyl halides is 1. The van der Waals surface area contributed by atoms with Crippen LogP contribution in [-0.2, 0) is 6.54 Å². The summed E-state index contributed by atoms with van der Waals surface area (Å²) < 4.78 is 2.31. The number of anilines is 1. The van der Waals surface area contributed by atoms with E-state index in [1.807, 2.05) is 18.2 Å². The maximum absolute atomic E-state index is 12.6. The fourth-order valence-electron chi connectivity index (χ4n) is 2.14. The minimum absolute atomic E-state index is 0.0685. The van der Waals surface area contributed by atoms with Gasteiger partial charge in [0, 0.05) is 18.6 Å². The van der Waals surface area contributed by atoms with Crippen molar-refractivity contribution in [1.29, 1.82) is 0 Å². The molecular weight excluding hydrogens is 320 g/mol. The summed E-state index contributed by atoms with van der Waals surface area (Å²) in [5, 5.41) is 7.71. The fourth-order valence-corrected chi connectivity index (χ4v) is 2.30. The van der Waals surface area contributed by atoms with E-state index in [0.717, 1.165) is 4.68 Å². The standard InChI is InChI=1S/C14H13ClN6O2/c1-19(10-5-3-2-4-6-10)13(22)11-12-17-18-21(8-7-15)14(23)20(12)9-16-11/h2-6,9H,7-8H2,1H3. The average molecular weight is 333 g/mol. The smallest absolute Gasteiger partial charge is 0.310 e. The highest BCUT2D eigenvalue weighted by Crippen LogP contribution is 2.15. The van der Waals surface area contributed by atoms with Gasteiger partial charge in [0.1, 0.15) is 6.33 Å². The molecule has 118 valence electrons. The van der Waals surface area contributed by atoms with Crippen molar-refractivity contribution in [3.05, 3.63) is 52.8 Å². The first-order valence-corrected chi connectivity index (χ1v) is 7.37. The molecule has 0 saturated heterocycles. The number of aromatic nitrogens is 5. The largest absolute Gasteiger partial charge is 0.353 e. The number of nitrogens with zero attached hydrogens (tertiary/aromatic N) is 6. The van der Waals surface area contributed by atoms with E-state index in [4.69, 9.17) is 11.6 Å². The lowest BCUT2D eigenvalue weighted by atomic mass is 10.3. The zero-order chi connectivity index (χ0) is 16.4. The monoisotopic (exact) mass is 332 g/mol. The third-order valence-corrected chi connectivity index (χ3v) is 3.53. The van der Waals surface area contributed by atoms with Gasteiger partial charge in [-0.2, -0.15) is 4.68 Å². The second-order valence-corrected chi connectivity index (χ2v) is 5.15. The third kappa shape index (κ3) is 2.68. The van der Waals surface area contributed by atoms with Crippen LogP contribution in [-0.4, -0.2) is 43.2 Å². The van der Waals surface area contributed by atoms with Crippen molar-refractivity contribution in [3.63, 3.8) is 0 Å². The van der Waals surface area contributed by atoms with E-state index < -0.39 is 5.69 Å². The number of hydrogen-bond donors (Lipinski definition) is 0. The zero-order valence-electron chi connectivity index (χ0n) is 12.3. The molecule has 1 aromatic carbocycles. The minimum atomic E-state index is -0.440. The predicted molar refractivity (Wildman–Crippen MR) is 84.9 cm³/mol. The summed E-state index contributed by atoms with van der Waals surface area (Å²) in [6.07, 6.45) is 1.27. The molecule has 0 saturated carbocycles. The topological polar surface area (TPSA) is 85.4 Å². The van der Waals surface area contributed by atoms with Gasteiger partial charge in [-0.15, -0.1) is 16.7 Å². The summed E-state index contributed by atoms with van der Waals surface area (Å²) >= 11 is 5.61. The first kappa shape index (κ1) is 15.2. The van der Waals surface area contributed by atoms with Gasteiger partial charge in [-0.05, 0) is 12.1 Å². The molecule has 0 unspecified atom stereocenters. The minimum Gasteiger partial charge on any atom is -0.310 e. The lowest BCUT2D eigenvalue weighted by Crippen LogP contribution is -2.31. The van der Waals surface area contributed by atoms with Crippen LogP contribution in [0.1, 0.15) is 10.5 Å². The number of halogens is 1. The van der Waals surface area contributed by atoms with E-state index in [9.17, 15) is 9.59 Å². The second-order valence-electron chi connectivity index (χ2n) is 4.77. The van der Waals surface area contributed by atoms with Crippen LogP contribution in [0.2, 0.25) is 0 Å². The van der Waals surface area contributed by atoms with Gasteiger partial charge in [0.25, 0.3) is 5.91 Å². The van der Waals surface area contributed by atoms with Crippen LogP contribution in [0.3, 0.4) is 0 Å². The molecule has 3 rings (SSSR count). The highest BCUT2D eigenvalue weighted by molar-refractivity contribution is 6.17. The van der Waals surface area contributed by atoms with Gasteiger partial charge in [0.2, 0.25) is 0 Å². The van der Waals surface area contributed by atoms with Crippen LogP contribution in [0.5, 0.6) is 0 Å². The number of amides is 1. The van der Waals surface area contributed by atoms with E-state index in [-0.39, 0.29) is 29.7 Å². The summed E-state index contributed by atoms with van der Waals surface area (Å²) in [5.41, 5.74) is 0.458. The molecule has 9 heteroatoms. The van der Waals surface area contributed by atoms with Crippen LogP contribution < -0.4 is 10.6 Å². The molecule has 3 aromatic rings. The van der Waals surface area contributed by atoms with E-state index >= 15 is 0 Å². The molecule has 23 heavy (non-hydrogen) atoms. The Morgan fingerprint density at radius 1 is 1.30 bits per heavy atom. The first-order chi connectivity index (χ1) is 11.1. The molecule has 0 atom stereocenters. The molecule has 0 N–H and O–H groups in total. The number of benzene rings is 1. The Morgan fingerprint density at radius 2 is 2.04 bits per heavy atom. The predicted octanol–water partition coefficient (Wildman–Crippen LogP) is 0.801. The molecule has 0 aliphatic heterocycles. The Morgan fingerprint density at radius 3 is 2.74 bits per heavy atom. The molecule has 0 radical (unpaired) electrons. The highest BCUT2D eigenvalue weighted by atomic mass is 35.5. The molecule has 1 amide bonds. The van der Waals surface area contributed by atoms with Crippen molar-refractivity contribution in [2.24, 2.45) is 0 Å². The maximum Gasteiger partial charge on any atom is 0.353 e. The van der Waals surface area contributed by atoms with Crippen molar-refractivity contribution in [3.8, 4) is 0 Å². The Labute approximate surface area is 135 Å². The van der Waals surface area contributed by atoms with Crippen molar-refractivity contribution in [1.82, 2.24) is 24.4 Å². The van der Waals surface area contributed by atoms with Gasteiger partial charge in [-0.3, -0.25) is 4.79 Å². The Bertz CT molecular complexity index is 905. The van der Waals surface area contributed by atoms with Gasteiger partial charge in [-0.25, -0.2) is 14.2 Å². The van der Waals surface area contributed by atoms with E-state index in [1.165, 1.54) is 15.6 Å². The van der Waals surface area contributed by atoms with Crippen molar-refractivity contribution in [2.75, 3.05) is 17.8 Å². The maximum atomic E-state index is 12.6. The van der Waals surface area contributed by atoms with Crippen LogP contribution >= 0.6 is 11.6 Å². The number of carbonyl (C=O) groups is 1. The van der Waals surface area contributed by atoms with Crippen LogP contribution in [0, 0.1) is 0 Å². The van der Waals surface area contributed by atoms with Crippen molar-refractivity contribution < 1.29 is 4.79 Å². The summed E-state index contributed by atoms with van der Waals surface area (Å²) in [5.74, 6) is -0.139. The number of imidazole rings is 1. The first-order valence-electron chi connectivity index (χ1n) is 6.83. The summed E-state index contributed by atoms with van der Waals surface area (Å²) in [7, 11) is 1.63. The molecule has 2 heterocycles. The Kier molecular flexibility index (Phi) is 4.07. The molecule has 8 nitrogen and oxygen atoms in total. The van der Waals surface area contributed by atoms with Gasteiger partial charge >= 0.3 is 5.69 Å². The number of aryl methyl sites for hydroxylation is 1. The van der Waals surface area contributed by atoms with Crippen molar-refractivity contribution >= 4 is 28.8 Å². The number of hydrogen-bond acceptors (Lipinski definition) is 5. The molecule has 0 aliphatic carbocycles. The normalized spacial score (nSPS) is 10.9. The SMILES string of the molecule is CN(C(=O)c1ncn2c(=O)n(CCCl)nnc12)c1ccccc1. The third-order valence-electron chi connectivity index (χ3n) is 3.36. The zero-order valence-corrected chi connectivity index (χ0v) is 13.0. The Hall–Kier alpha value is -2.74. The molecule has 0 aliphatic rings. The summed E-state index contributed by atoms with van der Waals surface area (Å²) in [4.78, 5) is 30.3. The summed E-state index contributed by atoms with van der Waals surface area (Å²) in [6, 6.07) is 9.12. The number of fused-ring (bicyclic) bond motifs is 1. The van der Waals surface area contributed by atoms with E-state index in [1.54, 1.807) is 19.2 Å². The Balaban J connectivity index is 2.02. The van der Waals surface area contributed by atoms with Gasteiger partial charge < -0.3 is 4.90 Å². The number of para-hydroxylation sites is 1. The molecule has 0 bridgehead atoms. The van der Waals surface area contributed by atoms with Crippen LogP contribution in [0.4, 0.5) is 5.69 Å². The second kappa shape index (κ2) is 6.17. The van der Waals surface area contributed by atoms with Crippen LogP contribution in [0.15, 0.2) is 41.5 Å². The van der Waals surface area contributed by atoms with E-state index in [2.05, 4.69) is 15.3 Å². The molecule has 0 fully saturated rings. The fraction of sp³-hybridized carbons (Fsp3) is 0.214. The molecular formula is C14H13ClN6O2. The quantitative estimate of drug-likeness (QED) is 0.660. The van der Waals surface area contributed by atoms with E-state index in [0.29, 0.717) is 5.69 Å². The lowest BCUT2D eigenvalue weighted by molar-refractivity contribution is 0.0990. The van der Waals surface area contributed by atoms with Gasteiger partial charge in [-0.1, -0.05) is 23.4 Å². The lowest BCUT2D eigenvalue weighted by Gasteiger charge is -2.15. The van der Waals surface area contributed by atoms with Gasteiger partial charge in [0.15, 0.2) is 11.3 Å². The molecule has 0 spiro atoms. The number of carbonyl (C=O) groups excluding carboxylic acids is 1. The van der Waals surface area contributed by atoms with Crippen LogP contribution in [0.25, 0.3) is 5.65 Å². The summed E-state index contributed by atoms with van der Waals surface area (Å²) in [6.45, 7) is 0.231. The van der Waals surface area contributed by atoms with Crippen molar-refractivity contribution in [2.45, 2.75) is 6.54 Å². The van der Waals surface area contributed by atoms with Gasteiger partial charge in [0.05, 0.1) is 6.54 Å². The average Bonchev–Trinajstić information content (AvgIpc) is 3.02.